The Bertz CT molecular complexity index is 152. The van der Waals surface area contributed by atoms with Crippen LogP contribution < -0.4 is 0 Å². The van der Waals surface area contributed by atoms with Gasteiger partial charge in [-0.25, -0.2) is 0 Å². The third kappa shape index (κ3) is 2.57. The van der Waals surface area contributed by atoms with Gasteiger partial charge in [0.25, 0.3) is 0 Å². The Labute approximate surface area is 73.0 Å². The van der Waals surface area contributed by atoms with Gasteiger partial charge in [0.05, 0.1) is 0 Å². The van der Waals surface area contributed by atoms with Crippen molar-refractivity contribution in [3.05, 3.63) is 0 Å². The lowest BCUT2D eigenvalue weighted by Crippen LogP contribution is -2.16. The maximum absolute atomic E-state index is 10.9. The summed E-state index contributed by atoms with van der Waals surface area (Å²) in [6, 6.07) is 0. The third-order valence-electron chi connectivity index (χ3n) is 2.40. The normalized spacial score (nSPS) is 23.9. The van der Waals surface area contributed by atoms with E-state index < -0.39 is 0 Å². The summed E-state index contributed by atoms with van der Waals surface area (Å²) in [6.45, 7) is 0. The topological polar surface area (TPSA) is 35.5 Å². The maximum Gasteiger partial charge on any atom is 0.157 e. The largest absolute Gasteiger partial charge is 0.356 e. The van der Waals surface area contributed by atoms with Crippen molar-refractivity contribution >= 4 is 5.78 Å². The quantitative estimate of drug-likeness (QED) is 0.601. The molecule has 1 aliphatic rings. The van der Waals surface area contributed by atoms with Crippen molar-refractivity contribution < 1.29 is 14.3 Å². The molecule has 12 heavy (non-hydrogen) atoms. The van der Waals surface area contributed by atoms with Crippen LogP contribution in [0.4, 0.5) is 0 Å². The molecule has 0 radical (unpaired) electrons. The summed E-state index contributed by atoms with van der Waals surface area (Å²) in [7, 11) is 3.26. The van der Waals surface area contributed by atoms with Crippen LogP contribution in [0.25, 0.3) is 0 Å². The van der Waals surface area contributed by atoms with Gasteiger partial charge < -0.3 is 9.47 Å². The third-order valence-corrected chi connectivity index (χ3v) is 2.40. The van der Waals surface area contributed by atoms with Crippen LogP contribution in [0.5, 0.6) is 0 Å². The zero-order valence-corrected chi connectivity index (χ0v) is 7.71. The number of carbonyl (C=O) groups is 1. The van der Waals surface area contributed by atoms with Crippen molar-refractivity contribution in [2.45, 2.75) is 32.0 Å². The highest BCUT2D eigenvalue weighted by Gasteiger charge is 2.24. The lowest BCUT2D eigenvalue weighted by molar-refractivity contribution is -0.120. The van der Waals surface area contributed by atoms with Gasteiger partial charge in [-0.3, -0.25) is 4.79 Å². The van der Waals surface area contributed by atoms with Gasteiger partial charge in [0.1, 0.15) is 5.78 Å². The van der Waals surface area contributed by atoms with Gasteiger partial charge in [-0.2, -0.15) is 0 Å². The number of methoxy groups -OCH3 is 2. The molecule has 0 bridgehead atoms. The summed E-state index contributed by atoms with van der Waals surface area (Å²) in [5, 5.41) is 0. The minimum Gasteiger partial charge on any atom is -0.356 e. The first-order valence-electron chi connectivity index (χ1n) is 4.33. The van der Waals surface area contributed by atoms with E-state index in [9.17, 15) is 4.79 Å². The maximum atomic E-state index is 10.9. The molecule has 1 fully saturated rings. The number of Topliss-reactive ketones (excluding diaryl/α,β-unsaturated/α-hetero) is 1. The molecule has 0 saturated heterocycles. The van der Waals surface area contributed by atoms with E-state index in [4.69, 9.17) is 9.47 Å². The highest BCUT2D eigenvalue weighted by Crippen LogP contribution is 2.26. The van der Waals surface area contributed by atoms with Gasteiger partial charge in [0, 0.05) is 33.5 Å². The summed E-state index contributed by atoms with van der Waals surface area (Å²) in [6.07, 6.45) is 3.16. The molecule has 0 aromatic carbocycles. The molecule has 1 saturated carbocycles. The van der Waals surface area contributed by atoms with Gasteiger partial charge in [0.15, 0.2) is 6.29 Å². The van der Waals surface area contributed by atoms with Gasteiger partial charge >= 0.3 is 0 Å². The minimum absolute atomic E-state index is 0.138. The molecule has 3 heteroatoms. The molecule has 0 spiro atoms. The van der Waals surface area contributed by atoms with E-state index in [2.05, 4.69) is 0 Å². The Kier molecular flexibility index (Phi) is 3.69. The molecule has 70 valence electrons. The van der Waals surface area contributed by atoms with Gasteiger partial charge in [-0.15, -0.1) is 0 Å². The van der Waals surface area contributed by atoms with Crippen molar-refractivity contribution in [1.29, 1.82) is 0 Å². The van der Waals surface area contributed by atoms with Crippen molar-refractivity contribution in [3.8, 4) is 0 Å². The monoisotopic (exact) mass is 172 g/mol. The summed E-state index contributed by atoms with van der Waals surface area (Å²) in [5.74, 6) is 0.855. The number of carbonyl (C=O) groups excluding carboxylic acids is 1. The Morgan fingerprint density at radius 3 is 2.58 bits per heavy atom. The Morgan fingerprint density at radius 1 is 1.50 bits per heavy atom. The van der Waals surface area contributed by atoms with Crippen LogP contribution in [-0.2, 0) is 14.3 Å². The fraction of sp³-hybridized carbons (Fsp3) is 0.889. The predicted molar refractivity (Wildman–Crippen MR) is 44.8 cm³/mol. The Hall–Kier alpha value is -0.410. The van der Waals surface area contributed by atoms with Gasteiger partial charge in [-0.05, 0) is 12.3 Å². The average Bonchev–Trinajstić information content (AvgIpc) is 2.47. The smallest absolute Gasteiger partial charge is 0.157 e. The van der Waals surface area contributed by atoms with E-state index in [1.54, 1.807) is 14.2 Å². The second kappa shape index (κ2) is 4.58. The molecular formula is C9H16O3. The highest BCUT2D eigenvalue weighted by molar-refractivity contribution is 5.80. The molecule has 0 aliphatic heterocycles. The first-order valence-corrected chi connectivity index (χ1v) is 4.33. The van der Waals surface area contributed by atoms with E-state index in [1.807, 2.05) is 0 Å². The highest BCUT2D eigenvalue weighted by atomic mass is 16.7. The zero-order valence-electron chi connectivity index (χ0n) is 7.71. The molecule has 1 rings (SSSR count). The molecule has 0 amide bonds. The second-order valence-electron chi connectivity index (χ2n) is 3.28. The summed E-state index contributed by atoms with van der Waals surface area (Å²) in [5.41, 5.74) is 0. The molecule has 3 nitrogen and oxygen atoms in total. The number of hydrogen-bond acceptors (Lipinski definition) is 3. The van der Waals surface area contributed by atoms with Crippen LogP contribution in [-0.4, -0.2) is 26.3 Å². The van der Waals surface area contributed by atoms with Gasteiger partial charge in [-0.1, -0.05) is 0 Å². The van der Waals surface area contributed by atoms with E-state index in [-0.39, 0.29) is 6.29 Å². The molecule has 0 heterocycles. The number of ether oxygens (including phenoxy) is 2. The Balaban J connectivity index is 2.26. The molecule has 1 unspecified atom stereocenters. The van der Waals surface area contributed by atoms with E-state index in [0.29, 0.717) is 18.1 Å². The van der Waals surface area contributed by atoms with Crippen LogP contribution >= 0.6 is 0 Å². The van der Waals surface area contributed by atoms with Crippen LogP contribution in [0.15, 0.2) is 0 Å². The molecule has 1 aliphatic carbocycles. The summed E-state index contributed by atoms with van der Waals surface area (Å²) in [4.78, 5) is 10.9. The molecule has 0 aromatic heterocycles. The van der Waals surface area contributed by atoms with Crippen LogP contribution in [0.1, 0.15) is 25.7 Å². The van der Waals surface area contributed by atoms with Gasteiger partial charge in [0.2, 0.25) is 0 Å². The van der Waals surface area contributed by atoms with E-state index in [1.165, 1.54) is 0 Å². The minimum atomic E-state index is -0.138. The summed E-state index contributed by atoms with van der Waals surface area (Å²) >= 11 is 0. The molecule has 0 aromatic rings. The van der Waals surface area contributed by atoms with Crippen LogP contribution in [0.3, 0.4) is 0 Å². The molecule has 1 atom stereocenters. The number of rotatable bonds is 4. The van der Waals surface area contributed by atoms with Crippen molar-refractivity contribution in [2.75, 3.05) is 14.2 Å². The van der Waals surface area contributed by atoms with Crippen molar-refractivity contribution in [2.24, 2.45) is 5.92 Å². The number of ketones is 1. The zero-order chi connectivity index (χ0) is 8.97. The van der Waals surface area contributed by atoms with Crippen LogP contribution in [0.2, 0.25) is 0 Å². The fourth-order valence-electron chi connectivity index (χ4n) is 1.65. The second-order valence-corrected chi connectivity index (χ2v) is 3.28. The van der Waals surface area contributed by atoms with Crippen molar-refractivity contribution in [1.82, 2.24) is 0 Å². The fourth-order valence-corrected chi connectivity index (χ4v) is 1.65. The summed E-state index contributed by atoms with van der Waals surface area (Å²) < 4.78 is 10.1. The lowest BCUT2D eigenvalue weighted by Gasteiger charge is -2.16. The Morgan fingerprint density at radius 2 is 2.17 bits per heavy atom. The lowest BCUT2D eigenvalue weighted by atomic mass is 10.0. The van der Waals surface area contributed by atoms with Crippen LogP contribution in [0, 0.1) is 5.92 Å². The number of hydrogen-bond donors (Lipinski definition) is 0. The SMILES string of the molecule is COC(CC1CCC(=O)C1)OC. The molecule has 0 N–H and O–H groups in total. The predicted octanol–water partition coefficient (Wildman–Crippen LogP) is 1.36. The van der Waals surface area contributed by atoms with E-state index >= 15 is 0 Å². The average molecular weight is 172 g/mol. The molecular weight excluding hydrogens is 156 g/mol. The first-order chi connectivity index (χ1) is 5.76. The van der Waals surface area contributed by atoms with E-state index in [0.717, 1.165) is 19.3 Å². The first kappa shape index (κ1) is 9.68. The van der Waals surface area contributed by atoms with Crippen molar-refractivity contribution in [3.63, 3.8) is 0 Å². The standard InChI is InChI=1S/C9H16O3/c1-11-9(12-2)6-7-3-4-8(10)5-7/h7,9H,3-6H2,1-2H3.